The molecule has 0 aromatic heterocycles. The van der Waals surface area contributed by atoms with Crippen LogP contribution in [0, 0.1) is 0 Å². The predicted octanol–water partition coefficient (Wildman–Crippen LogP) is 3.17. The fraction of sp³-hybridized carbons (Fsp3) is 0.0455. The largest absolute Gasteiger partial charge is 0.508 e. The highest BCUT2D eigenvalue weighted by Gasteiger charge is 2.28. The van der Waals surface area contributed by atoms with Crippen LogP contribution in [0.4, 0.5) is 0 Å². The maximum Gasteiger partial charge on any atom is 0.343 e. The Morgan fingerprint density at radius 2 is 1.47 bits per heavy atom. The number of ether oxygens (including phenoxy) is 2. The van der Waals surface area contributed by atoms with Crippen molar-refractivity contribution in [2.24, 2.45) is 0 Å². The van der Waals surface area contributed by atoms with Crippen LogP contribution in [0.3, 0.4) is 0 Å². The van der Waals surface area contributed by atoms with Crippen LogP contribution in [0.2, 0.25) is 0 Å². The van der Waals surface area contributed by atoms with Gasteiger partial charge in [0, 0.05) is 17.7 Å². The van der Waals surface area contributed by atoms with E-state index in [1.165, 1.54) is 30.3 Å². The first-order valence-corrected chi connectivity index (χ1v) is 9.07. The van der Waals surface area contributed by atoms with Crippen molar-refractivity contribution in [2.45, 2.75) is 6.10 Å². The molecule has 164 valence electrons. The lowest BCUT2D eigenvalue weighted by Crippen LogP contribution is -2.15. The number of hydrogen-bond acceptors (Lipinski definition) is 10. The molecule has 1 aliphatic rings. The fourth-order valence-electron chi connectivity index (χ4n) is 3.13. The van der Waals surface area contributed by atoms with Gasteiger partial charge in [-0.15, -0.1) is 0 Å². The Morgan fingerprint density at radius 1 is 0.781 bits per heavy atom. The van der Waals surface area contributed by atoms with Crippen molar-refractivity contribution in [3.05, 3.63) is 64.9 Å². The van der Waals surface area contributed by atoms with E-state index in [0.717, 1.165) is 18.2 Å². The summed E-state index contributed by atoms with van der Waals surface area (Å²) < 4.78 is 10.9. The van der Waals surface area contributed by atoms with Crippen molar-refractivity contribution in [1.82, 2.24) is 0 Å². The molecular formula is C22H16O10. The molecule has 3 aromatic rings. The average molecular weight is 440 g/mol. The molecule has 0 bridgehead atoms. The van der Waals surface area contributed by atoms with Crippen LogP contribution in [0.1, 0.15) is 27.6 Å². The SMILES string of the molecule is O=C(Oc1cc(O)c2c(c1)O[C@H](c1ccc(O)c(O)c1)C(O)=C2)c1cc(O)c(O)c(O)c1. The number of phenols is 6. The number of carbonyl (C=O) groups excluding carboxylic acids is 1. The number of aliphatic hydroxyl groups excluding tert-OH is 1. The predicted molar refractivity (Wildman–Crippen MR) is 108 cm³/mol. The first-order valence-electron chi connectivity index (χ1n) is 9.07. The van der Waals surface area contributed by atoms with Gasteiger partial charge >= 0.3 is 5.97 Å². The zero-order valence-corrected chi connectivity index (χ0v) is 16.1. The molecule has 0 unspecified atom stereocenters. The first kappa shape index (κ1) is 20.5. The summed E-state index contributed by atoms with van der Waals surface area (Å²) in [6.07, 6.45) is 0.162. The second-order valence-corrected chi connectivity index (χ2v) is 6.92. The molecule has 7 N–H and O–H groups in total. The Bertz CT molecular complexity index is 1250. The fourth-order valence-corrected chi connectivity index (χ4v) is 3.13. The summed E-state index contributed by atoms with van der Waals surface area (Å²) in [6, 6.07) is 7.97. The van der Waals surface area contributed by atoms with E-state index in [1.54, 1.807) is 0 Å². The van der Waals surface area contributed by atoms with E-state index < -0.39 is 35.1 Å². The molecule has 0 amide bonds. The Hall–Kier alpha value is -4.73. The molecule has 0 fully saturated rings. The molecular weight excluding hydrogens is 424 g/mol. The van der Waals surface area contributed by atoms with Crippen molar-refractivity contribution in [1.29, 1.82) is 0 Å². The van der Waals surface area contributed by atoms with Gasteiger partial charge < -0.3 is 45.2 Å². The van der Waals surface area contributed by atoms with Crippen LogP contribution < -0.4 is 9.47 Å². The third-order valence-electron chi connectivity index (χ3n) is 4.72. The minimum atomic E-state index is -1.08. The van der Waals surface area contributed by atoms with Gasteiger partial charge in [0.25, 0.3) is 0 Å². The van der Waals surface area contributed by atoms with Gasteiger partial charge in [-0.05, 0) is 30.3 Å². The van der Waals surface area contributed by atoms with E-state index in [9.17, 15) is 40.5 Å². The molecule has 10 heteroatoms. The molecule has 1 atom stereocenters. The zero-order valence-electron chi connectivity index (χ0n) is 16.1. The van der Waals surface area contributed by atoms with Gasteiger partial charge in [0.05, 0.1) is 11.1 Å². The van der Waals surface area contributed by atoms with E-state index in [1.807, 2.05) is 0 Å². The number of carbonyl (C=O) groups is 1. The number of aromatic hydroxyl groups is 6. The molecule has 32 heavy (non-hydrogen) atoms. The van der Waals surface area contributed by atoms with E-state index in [0.29, 0.717) is 5.56 Å². The van der Waals surface area contributed by atoms with Gasteiger partial charge in [0.15, 0.2) is 34.9 Å². The number of hydrogen-bond donors (Lipinski definition) is 7. The van der Waals surface area contributed by atoms with E-state index >= 15 is 0 Å². The Balaban J connectivity index is 1.64. The molecule has 0 spiro atoms. The molecule has 3 aromatic carbocycles. The summed E-state index contributed by atoms with van der Waals surface area (Å²) >= 11 is 0. The lowest BCUT2D eigenvalue weighted by atomic mass is 10.0. The number of fused-ring (bicyclic) bond motifs is 1. The quantitative estimate of drug-likeness (QED) is 0.182. The second-order valence-electron chi connectivity index (χ2n) is 6.92. The molecule has 0 saturated carbocycles. The van der Waals surface area contributed by atoms with Crippen LogP contribution in [0.5, 0.6) is 46.0 Å². The first-order chi connectivity index (χ1) is 15.1. The summed E-state index contributed by atoms with van der Waals surface area (Å²) in [4.78, 5) is 12.4. The summed E-state index contributed by atoms with van der Waals surface area (Å²) in [5.41, 5.74) is 0.143. The Labute approximate surface area is 179 Å². The number of phenolic OH excluding ortho intramolecular Hbond substituents is 6. The van der Waals surface area contributed by atoms with Crippen molar-refractivity contribution in [2.75, 3.05) is 0 Å². The summed E-state index contributed by atoms with van der Waals surface area (Å²) in [6.45, 7) is 0. The summed E-state index contributed by atoms with van der Waals surface area (Å²) in [5.74, 6) is -4.80. The van der Waals surface area contributed by atoms with Crippen molar-refractivity contribution < 1.29 is 50.0 Å². The Morgan fingerprint density at radius 3 is 2.12 bits per heavy atom. The lowest BCUT2D eigenvalue weighted by Gasteiger charge is -2.25. The van der Waals surface area contributed by atoms with E-state index in [4.69, 9.17) is 9.47 Å². The topological polar surface area (TPSA) is 177 Å². The minimum absolute atomic E-state index is 0.0413. The third kappa shape index (κ3) is 3.60. The lowest BCUT2D eigenvalue weighted by molar-refractivity contribution is 0.0732. The van der Waals surface area contributed by atoms with Crippen molar-refractivity contribution in [3.63, 3.8) is 0 Å². The average Bonchev–Trinajstić information content (AvgIpc) is 2.74. The Kier molecular flexibility index (Phi) is 4.82. The van der Waals surface area contributed by atoms with Crippen LogP contribution >= 0.6 is 0 Å². The van der Waals surface area contributed by atoms with E-state index in [2.05, 4.69) is 0 Å². The number of benzene rings is 3. The maximum absolute atomic E-state index is 12.4. The molecule has 0 saturated heterocycles. The number of aliphatic hydroxyl groups is 1. The highest BCUT2D eigenvalue weighted by Crippen LogP contribution is 2.44. The van der Waals surface area contributed by atoms with Crippen LogP contribution in [-0.2, 0) is 0 Å². The zero-order chi connectivity index (χ0) is 23.2. The third-order valence-corrected chi connectivity index (χ3v) is 4.72. The maximum atomic E-state index is 12.4. The van der Waals surface area contributed by atoms with Crippen LogP contribution in [0.25, 0.3) is 6.08 Å². The monoisotopic (exact) mass is 440 g/mol. The van der Waals surface area contributed by atoms with Crippen molar-refractivity contribution in [3.8, 4) is 46.0 Å². The number of rotatable bonds is 3. The van der Waals surface area contributed by atoms with Crippen LogP contribution in [0.15, 0.2) is 48.2 Å². The van der Waals surface area contributed by atoms with Gasteiger partial charge in [0.2, 0.25) is 0 Å². The molecule has 0 aliphatic carbocycles. The normalized spacial score (nSPS) is 14.8. The molecule has 1 aliphatic heterocycles. The summed E-state index contributed by atoms with van der Waals surface area (Å²) in [5, 5.41) is 68.3. The smallest absolute Gasteiger partial charge is 0.343 e. The molecule has 4 rings (SSSR count). The standard InChI is InChI=1S/C22H16O10/c23-13-2-1-9(3-15(13)25)21-18(28)8-12-14(24)6-11(7-19(12)32-21)31-22(30)10-4-16(26)20(29)17(27)5-10/h1-8,21,23-29H/t21-/m1/s1. The van der Waals surface area contributed by atoms with Gasteiger partial charge in [0.1, 0.15) is 23.0 Å². The highest BCUT2D eigenvalue weighted by molar-refractivity contribution is 5.92. The van der Waals surface area contributed by atoms with Gasteiger partial charge in [-0.3, -0.25) is 0 Å². The minimum Gasteiger partial charge on any atom is -0.508 e. The van der Waals surface area contributed by atoms with Gasteiger partial charge in [-0.2, -0.15) is 0 Å². The van der Waals surface area contributed by atoms with Gasteiger partial charge in [-0.1, -0.05) is 6.07 Å². The summed E-state index contributed by atoms with van der Waals surface area (Å²) in [7, 11) is 0. The van der Waals surface area contributed by atoms with E-state index in [-0.39, 0.29) is 39.9 Å². The van der Waals surface area contributed by atoms with Crippen molar-refractivity contribution >= 4 is 12.0 Å². The number of esters is 1. The van der Waals surface area contributed by atoms with Gasteiger partial charge in [-0.25, -0.2) is 4.79 Å². The highest BCUT2D eigenvalue weighted by atomic mass is 16.5. The molecule has 0 radical (unpaired) electrons. The van der Waals surface area contributed by atoms with Crippen LogP contribution in [-0.4, -0.2) is 41.7 Å². The molecule has 1 heterocycles. The second kappa shape index (κ2) is 7.51. The molecule has 10 nitrogen and oxygen atoms in total.